The number of hydrogen-bond donors (Lipinski definition) is 0. The average Bonchev–Trinajstić information content (AvgIpc) is 2.41. The van der Waals surface area contributed by atoms with E-state index in [9.17, 15) is 4.79 Å². The minimum absolute atomic E-state index is 0.125. The quantitative estimate of drug-likeness (QED) is 0.753. The molecule has 1 heterocycles. The monoisotopic (exact) mass is 329 g/mol. The van der Waals surface area contributed by atoms with E-state index in [-0.39, 0.29) is 5.91 Å². The molecule has 18 heavy (non-hydrogen) atoms. The maximum Gasteiger partial charge on any atom is 0.253 e. The molecule has 1 unspecified atom stereocenters. The van der Waals surface area contributed by atoms with E-state index in [1.807, 2.05) is 24.0 Å². The van der Waals surface area contributed by atoms with E-state index in [2.05, 4.69) is 15.9 Å². The number of rotatable bonds is 2. The summed E-state index contributed by atoms with van der Waals surface area (Å²) in [5.41, 5.74) is 1.70. The molecule has 1 saturated heterocycles. The van der Waals surface area contributed by atoms with Crippen LogP contribution in [0, 0.1) is 12.8 Å². The molecule has 0 aromatic heterocycles. The van der Waals surface area contributed by atoms with Crippen molar-refractivity contribution in [1.29, 1.82) is 0 Å². The third kappa shape index (κ3) is 3.07. The Balaban J connectivity index is 2.12. The van der Waals surface area contributed by atoms with E-state index in [4.69, 9.17) is 11.6 Å². The highest BCUT2D eigenvalue weighted by Crippen LogP contribution is 2.22. The number of nitrogens with zero attached hydrogens (tertiary/aromatic N) is 1. The summed E-state index contributed by atoms with van der Waals surface area (Å²) < 4.78 is 0. The van der Waals surface area contributed by atoms with Gasteiger partial charge in [-0.25, -0.2) is 0 Å². The number of alkyl halides is 1. The van der Waals surface area contributed by atoms with Gasteiger partial charge in [0, 0.05) is 29.0 Å². The molecule has 0 saturated carbocycles. The van der Waals surface area contributed by atoms with Gasteiger partial charge in [-0.1, -0.05) is 27.5 Å². The maximum absolute atomic E-state index is 12.4. The number of benzene rings is 1. The Labute approximate surface area is 121 Å². The first kappa shape index (κ1) is 13.9. The normalized spacial score (nSPS) is 19.9. The Morgan fingerprint density at radius 2 is 2.33 bits per heavy atom. The lowest BCUT2D eigenvalue weighted by atomic mass is 9.99. The molecule has 1 amide bonds. The smallest absolute Gasteiger partial charge is 0.253 e. The Morgan fingerprint density at radius 3 is 3.00 bits per heavy atom. The summed E-state index contributed by atoms with van der Waals surface area (Å²) >= 11 is 9.50. The van der Waals surface area contributed by atoms with Crippen molar-refractivity contribution in [3.8, 4) is 0 Å². The third-order valence-corrected chi connectivity index (χ3v) is 4.77. The lowest BCUT2D eigenvalue weighted by molar-refractivity contribution is 0.0686. The van der Waals surface area contributed by atoms with E-state index in [0.29, 0.717) is 10.9 Å². The molecule has 2 rings (SSSR count). The maximum atomic E-state index is 12.4. The highest BCUT2D eigenvalue weighted by Gasteiger charge is 2.23. The van der Waals surface area contributed by atoms with Crippen molar-refractivity contribution in [3.05, 3.63) is 34.3 Å². The molecule has 0 N–H and O–H groups in total. The van der Waals surface area contributed by atoms with Crippen molar-refractivity contribution >= 4 is 33.4 Å². The molecule has 1 atom stereocenters. The van der Waals surface area contributed by atoms with Crippen LogP contribution in [0.1, 0.15) is 28.8 Å². The molecule has 1 fully saturated rings. The molecule has 0 aliphatic carbocycles. The number of halogens is 2. The average molecular weight is 331 g/mol. The Hall–Kier alpha value is -0.540. The Morgan fingerprint density at radius 1 is 1.56 bits per heavy atom. The van der Waals surface area contributed by atoms with E-state index < -0.39 is 0 Å². The Bertz CT molecular complexity index is 449. The summed E-state index contributed by atoms with van der Waals surface area (Å²) in [6.45, 7) is 3.65. The number of carbonyl (C=O) groups excluding carboxylic acids is 1. The van der Waals surface area contributed by atoms with Gasteiger partial charge >= 0.3 is 0 Å². The van der Waals surface area contributed by atoms with Crippen molar-refractivity contribution in [3.63, 3.8) is 0 Å². The van der Waals surface area contributed by atoms with Gasteiger partial charge in [-0.3, -0.25) is 4.79 Å². The molecule has 4 heteroatoms. The first-order valence-corrected chi connectivity index (χ1v) is 7.73. The lowest BCUT2D eigenvalue weighted by Crippen LogP contribution is -2.40. The standard InChI is InChI=1S/C14H17BrClNO/c1-10-7-12(4-5-13(10)16)14(18)17-6-2-3-11(8-15)9-17/h4-5,7,11H,2-3,6,8-9H2,1H3. The fourth-order valence-electron chi connectivity index (χ4n) is 2.34. The van der Waals surface area contributed by atoms with E-state index in [1.54, 1.807) is 6.07 Å². The van der Waals surface area contributed by atoms with Gasteiger partial charge < -0.3 is 4.90 Å². The highest BCUT2D eigenvalue weighted by molar-refractivity contribution is 9.09. The van der Waals surface area contributed by atoms with Crippen LogP contribution < -0.4 is 0 Å². The second kappa shape index (κ2) is 6.07. The molecular formula is C14H17BrClNO. The molecule has 1 aromatic carbocycles. The number of likely N-dealkylation sites (tertiary alicyclic amines) is 1. The van der Waals surface area contributed by atoms with Crippen molar-refractivity contribution < 1.29 is 4.79 Å². The molecule has 1 aliphatic rings. The number of aryl methyl sites for hydroxylation is 1. The van der Waals surface area contributed by atoms with Gasteiger partial charge in [-0.15, -0.1) is 0 Å². The van der Waals surface area contributed by atoms with Gasteiger partial charge in [0.2, 0.25) is 0 Å². The minimum Gasteiger partial charge on any atom is -0.338 e. The molecule has 98 valence electrons. The van der Waals surface area contributed by atoms with Gasteiger partial charge in [-0.05, 0) is 49.4 Å². The van der Waals surface area contributed by atoms with Crippen molar-refractivity contribution in [2.24, 2.45) is 5.92 Å². The fourth-order valence-corrected chi connectivity index (χ4v) is 2.98. The highest BCUT2D eigenvalue weighted by atomic mass is 79.9. The third-order valence-electron chi connectivity index (χ3n) is 3.43. The minimum atomic E-state index is 0.125. The van der Waals surface area contributed by atoms with Crippen LogP contribution >= 0.6 is 27.5 Å². The van der Waals surface area contributed by atoms with Crippen molar-refractivity contribution in [2.75, 3.05) is 18.4 Å². The van der Waals surface area contributed by atoms with E-state index in [0.717, 1.165) is 36.0 Å². The predicted octanol–water partition coefficient (Wildman–Crippen LogP) is 3.90. The largest absolute Gasteiger partial charge is 0.338 e. The zero-order valence-electron chi connectivity index (χ0n) is 10.5. The second-order valence-electron chi connectivity index (χ2n) is 4.88. The summed E-state index contributed by atoms with van der Waals surface area (Å²) in [6, 6.07) is 5.49. The SMILES string of the molecule is Cc1cc(C(=O)N2CCCC(CBr)C2)ccc1Cl. The van der Waals surface area contributed by atoms with Crippen LogP contribution in [0.15, 0.2) is 18.2 Å². The van der Waals surface area contributed by atoms with Gasteiger partial charge in [0.1, 0.15) is 0 Å². The first-order chi connectivity index (χ1) is 8.61. The number of amides is 1. The van der Waals surface area contributed by atoms with Crippen LogP contribution in [0.2, 0.25) is 5.02 Å². The summed E-state index contributed by atoms with van der Waals surface area (Å²) in [5.74, 6) is 0.705. The zero-order valence-corrected chi connectivity index (χ0v) is 12.8. The van der Waals surface area contributed by atoms with Gasteiger partial charge in [0.05, 0.1) is 0 Å². The molecule has 1 aromatic rings. The topological polar surface area (TPSA) is 20.3 Å². The van der Waals surface area contributed by atoms with E-state index >= 15 is 0 Å². The molecule has 2 nitrogen and oxygen atoms in total. The summed E-state index contributed by atoms with van der Waals surface area (Å²) in [4.78, 5) is 14.3. The summed E-state index contributed by atoms with van der Waals surface area (Å²) in [7, 11) is 0. The van der Waals surface area contributed by atoms with Crippen LogP contribution in [-0.2, 0) is 0 Å². The van der Waals surface area contributed by atoms with E-state index in [1.165, 1.54) is 6.42 Å². The van der Waals surface area contributed by atoms with Crippen LogP contribution in [0.4, 0.5) is 0 Å². The number of hydrogen-bond acceptors (Lipinski definition) is 1. The van der Waals surface area contributed by atoms with Gasteiger partial charge in [-0.2, -0.15) is 0 Å². The van der Waals surface area contributed by atoms with Crippen LogP contribution in [0.25, 0.3) is 0 Å². The van der Waals surface area contributed by atoms with Crippen molar-refractivity contribution in [2.45, 2.75) is 19.8 Å². The predicted molar refractivity (Wildman–Crippen MR) is 78.6 cm³/mol. The lowest BCUT2D eigenvalue weighted by Gasteiger charge is -2.32. The molecule has 0 radical (unpaired) electrons. The second-order valence-corrected chi connectivity index (χ2v) is 5.93. The molecular weight excluding hydrogens is 314 g/mol. The molecule has 0 bridgehead atoms. The van der Waals surface area contributed by atoms with Crippen molar-refractivity contribution in [1.82, 2.24) is 4.90 Å². The Kier molecular flexibility index (Phi) is 4.68. The first-order valence-electron chi connectivity index (χ1n) is 6.23. The fraction of sp³-hybridized carbons (Fsp3) is 0.500. The number of carbonyl (C=O) groups is 1. The van der Waals surface area contributed by atoms with Crippen LogP contribution in [0.5, 0.6) is 0 Å². The molecule has 0 spiro atoms. The van der Waals surface area contributed by atoms with Gasteiger partial charge in [0.15, 0.2) is 0 Å². The molecule has 1 aliphatic heterocycles. The van der Waals surface area contributed by atoms with Gasteiger partial charge in [0.25, 0.3) is 5.91 Å². The van der Waals surface area contributed by atoms with Crippen LogP contribution in [0.3, 0.4) is 0 Å². The number of piperidine rings is 1. The van der Waals surface area contributed by atoms with Crippen LogP contribution in [-0.4, -0.2) is 29.2 Å². The summed E-state index contributed by atoms with van der Waals surface area (Å²) in [6.07, 6.45) is 2.29. The zero-order chi connectivity index (χ0) is 13.1. The summed E-state index contributed by atoms with van der Waals surface area (Å²) in [5, 5.41) is 1.68.